The molecule has 0 saturated carbocycles. The van der Waals surface area contributed by atoms with Crippen molar-refractivity contribution in [2.45, 2.75) is 12.3 Å². The average molecular weight is 312 g/mol. The first-order valence-electron chi connectivity index (χ1n) is 4.54. The minimum atomic E-state index is -4.43. The highest BCUT2D eigenvalue weighted by molar-refractivity contribution is 9.09. The van der Waals surface area contributed by atoms with E-state index in [4.69, 9.17) is 5.73 Å². The molecule has 0 radical (unpaired) electrons. The lowest BCUT2D eigenvalue weighted by atomic mass is 10.1. The molecule has 0 aliphatic carbocycles. The van der Waals surface area contributed by atoms with Crippen molar-refractivity contribution in [1.82, 2.24) is 0 Å². The number of ether oxygens (including phenoxy) is 1. The van der Waals surface area contributed by atoms with E-state index in [1.807, 2.05) is 0 Å². The molecule has 7 heteroatoms. The summed E-state index contributed by atoms with van der Waals surface area (Å²) in [7, 11) is 0. The van der Waals surface area contributed by atoms with Crippen molar-refractivity contribution in [2.24, 2.45) is 5.73 Å². The molecule has 0 bridgehead atoms. The van der Waals surface area contributed by atoms with Crippen LogP contribution in [0.2, 0.25) is 0 Å². The maximum absolute atomic E-state index is 12.5. The summed E-state index contributed by atoms with van der Waals surface area (Å²) in [6.45, 7) is 0. The van der Waals surface area contributed by atoms with Crippen LogP contribution in [0.25, 0.3) is 0 Å². The lowest BCUT2D eigenvalue weighted by Gasteiger charge is -2.16. The summed E-state index contributed by atoms with van der Waals surface area (Å²) < 4.78 is 42.0. The Morgan fingerprint density at radius 3 is 2.59 bits per heavy atom. The van der Waals surface area contributed by atoms with Gasteiger partial charge in [0.15, 0.2) is 0 Å². The van der Waals surface area contributed by atoms with Crippen molar-refractivity contribution in [2.75, 3.05) is 5.33 Å². The number of benzene rings is 1. The fourth-order valence-corrected chi connectivity index (χ4v) is 1.75. The maximum atomic E-state index is 12.5. The van der Waals surface area contributed by atoms with E-state index in [2.05, 4.69) is 20.7 Å². The van der Waals surface area contributed by atoms with Gasteiger partial charge in [-0.1, -0.05) is 28.1 Å². The minimum Gasteiger partial charge on any atom is -0.441 e. The zero-order chi connectivity index (χ0) is 13.1. The number of rotatable bonds is 3. The van der Waals surface area contributed by atoms with E-state index in [9.17, 15) is 18.0 Å². The van der Waals surface area contributed by atoms with Crippen LogP contribution < -0.4 is 5.73 Å². The van der Waals surface area contributed by atoms with Gasteiger partial charge in [-0.15, -0.1) is 0 Å². The SMILES string of the molecule is NC(=O)OC(CBr)c1cccc(C(F)(F)F)c1. The van der Waals surface area contributed by atoms with Gasteiger partial charge >= 0.3 is 12.3 Å². The molecule has 0 aromatic heterocycles. The molecule has 17 heavy (non-hydrogen) atoms. The van der Waals surface area contributed by atoms with Crippen LogP contribution in [0.15, 0.2) is 24.3 Å². The van der Waals surface area contributed by atoms with E-state index in [-0.39, 0.29) is 10.9 Å². The first kappa shape index (κ1) is 13.8. The summed E-state index contributed by atoms with van der Waals surface area (Å²) in [6.07, 6.45) is -6.30. The third-order valence-electron chi connectivity index (χ3n) is 1.98. The zero-order valence-electron chi connectivity index (χ0n) is 8.50. The van der Waals surface area contributed by atoms with Gasteiger partial charge in [-0.05, 0) is 17.7 Å². The van der Waals surface area contributed by atoms with E-state index in [1.165, 1.54) is 12.1 Å². The lowest BCUT2D eigenvalue weighted by Crippen LogP contribution is -2.18. The first-order chi connectivity index (χ1) is 7.84. The molecular formula is C10H9BrF3NO2. The molecule has 1 atom stereocenters. The third-order valence-corrected chi connectivity index (χ3v) is 2.57. The molecule has 0 aliphatic rings. The summed E-state index contributed by atoms with van der Waals surface area (Å²) in [4.78, 5) is 10.6. The van der Waals surface area contributed by atoms with E-state index < -0.39 is 23.9 Å². The topological polar surface area (TPSA) is 52.3 Å². The van der Waals surface area contributed by atoms with Gasteiger partial charge in [-0.25, -0.2) is 4.79 Å². The molecule has 0 heterocycles. The largest absolute Gasteiger partial charge is 0.441 e. The van der Waals surface area contributed by atoms with Crippen molar-refractivity contribution in [1.29, 1.82) is 0 Å². The predicted octanol–water partition coefficient (Wildman–Crippen LogP) is 3.24. The highest BCUT2D eigenvalue weighted by Crippen LogP contribution is 2.31. The van der Waals surface area contributed by atoms with Crippen molar-refractivity contribution in [3.8, 4) is 0 Å². The van der Waals surface area contributed by atoms with Crippen LogP contribution in [0.4, 0.5) is 18.0 Å². The van der Waals surface area contributed by atoms with Crippen LogP contribution in [-0.4, -0.2) is 11.4 Å². The molecule has 0 saturated heterocycles. The molecule has 1 rings (SSSR count). The summed E-state index contributed by atoms with van der Waals surface area (Å²) in [5.41, 5.74) is 4.26. The second-order valence-corrected chi connectivity index (χ2v) is 3.85. The Balaban J connectivity index is 3.01. The van der Waals surface area contributed by atoms with Crippen LogP contribution in [0.5, 0.6) is 0 Å². The van der Waals surface area contributed by atoms with Gasteiger partial charge in [0.1, 0.15) is 6.10 Å². The summed E-state index contributed by atoms with van der Waals surface area (Å²) in [5.74, 6) is 0. The summed E-state index contributed by atoms with van der Waals surface area (Å²) in [6, 6.07) is 4.55. The van der Waals surface area contributed by atoms with E-state index in [1.54, 1.807) is 0 Å². The first-order valence-corrected chi connectivity index (χ1v) is 5.66. The third kappa shape index (κ3) is 3.92. The van der Waals surface area contributed by atoms with Crippen LogP contribution in [0.1, 0.15) is 17.2 Å². The number of halogens is 4. The maximum Gasteiger partial charge on any atom is 0.416 e. The van der Waals surface area contributed by atoms with Gasteiger partial charge in [0, 0.05) is 5.33 Å². The predicted molar refractivity (Wildman–Crippen MR) is 58.6 cm³/mol. The number of primary amides is 1. The molecule has 1 aromatic rings. The van der Waals surface area contributed by atoms with Gasteiger partial charge in [0.05, 0.1) is 5.56 Å². The van der Waals surface area contributed by atoms with Crippen molar-refractivity contribution in [3.05, 3.63) is 35.4 Å². The Morgan fingerprint density at radius 2 is 2.12 bits per heavy atom. The summed E-state index contributed by atoms with van der Waals surface area (Å²) in [5, 5.41) is 0.164. The number of hydrogen-bond donors (Lipinski definition) is 1. The quantitative estimate of drug-likeness (QED) is 0.871. The minimum absolute atomic E-state index is 0.164. The smallest absolute Gasteiger partial charge is 0.416 e. The molecule has 94 valence electrons. The molecule has 1 unspecified atom stereocenters. The Hall–Kier alpha value is -1.24. The van der Waals surface area contributed by atoms with Crippen LogP contribution in [0.3, 0.4) is 0 Å². The Morgan fingerprint density at radius 1 is 1.47 bits per heavy atom. The van der Waals surface area contributed by atoms with Gasteiger partial charge in [-0.3, -0.25) is 0 Å². The molecular weight excluding hydrogens is 303 g/mol. The Kier molecular flexibility index (Phi) is 4.39. The zero-order valence-corrected chi connectivity index (χ0v) is 10.1. The number of carbonyl (C=O) groups is 1. The van der Waals surface area contributed by atoms with E-state index in [0.717, 1.165) is 12.1 Å². The normalized spacial score (nSPS) is 13.2. The second kappa shape index (κ2) is 5.39. The molecule has 3 nitrogen and oxygen atoms in total. The molecule has 1 aromatic carbocycles. The Labute approximate surface area is 104 Å². The summed E-state index contributed by atoms with van der Waals surface area (Å²) >= 11 is 3.04. The lowest BCUT2D eigenvalue weighted by molar-refractivity contribution is -0.137. The van der Waals surface area contributed by atoms with Crippen molar-refractivity contribution < 1.29 is 22.7 Å². The van der Waals surface area contributed by atoms with Crippen molar-refractivity contribution >= 4 is 22.0 Å². The fourth-order valence-electron chi connectivity index (χ4n) is 1.24. The fraction of sp³-hybridized carbons (Fsp3) is 0.300. The van der Waals surface area contributed by atoms with Gasteiger partial charge in [-0.2, -0.15) is 13.2 Å². The van der Waals surface area contributed by atoms with Gasteiger partial charge in [0.2, 0.25) is 0 Å². The number of amides is 1. The number of hydrogen-bond acceptors (Lipinski definition) is 2. The number of alkyl halides is 4. The van der Waals surface area contributed by atoms with E-state index >= 15 is 0 Å². The van der Waals surface area contributed by atoms with Crippen LogP contribution >= 0.6 is 15.9 Å². The molecule has 0 spiro atoms. The van der Waals surface area contributed by atoms with Crippen LogP contribution in [-0.2, 0) is 10.9 Å². The second-order valence-electron chi connectivity index (χ2n) is 3.20. The molecule has 2 N–H and O–H groups in total. The monoisotopic (exact) mass is 311 g/mol. The standard InChI is InChI=1S/C10H9BrF3NO2/c11-5-8(17-9(15)16)6-2-1-3-7(4-6)10(12,13)14/h1-4,8H,5H2,(H2,15,16). The molecule has 0 aliphatic heterocycles. The molecule has 0 fully saturated rings. The Bertz CT molecular complexity index is 409. The van der Waals surface area contributed by atoms with Crippen molar-refractivity contribution in [3.63, 3.8) is 0 Å². The highest BCUT2D eigenvalue weighted by atomic mass is 79.9. The number of carbonyl (C=O) groups excluding carboxylic acids is 1. The number of nitrogens with two attached hydrogens (primary N) is 1. The molecule has 1 amide bonds. The van der Waals surface area contributed by atoms with Gasteiger partial charge < -0.3 is 10.5 Å². The van der Waals surface area contributed by atoms with Gasteiger partial charge in [0.25, 0.3) is 0 Å². The van der Waals surface area contributed by atoms with E-state index in [0.29, 0.717) is 0 Å². The average Bonchev–Trinajstić information content (AvgIpc) is 2.24. The highest BCUT2D eigenvalue weighted by Gasteiger charge is 2.31. The van der Waals surface area contributed by atoms with Crippen LogP contribution in [0, 0.1) is 0 Å².